The van der Waals surface area contributed by atoms with Crippen molar-refractivity contribution in [1.82, 2.24) is 0 Å². The van der Waals surface area contributed by atoms with E-state index in [0.717, 1.165) is 24.3 Å². The summed E-state index contributed by atoms with van der Waals surface area (Å²) in [5.41, 5.74) is 0. The number of sulfone groups is 1. The molecule has 0 aliphatic rings. The summed E-state index contributed by atoms with van der Waals surface area (Å²) in [5.74, 6) is -2.58. The first-order chi connectivity index (χ1) is 8.39. The lowest BCUT2D eigenvalue weighted by Crippen LogP contribution is -2.03. The van der Waals surface area contributed by atoms with E-state index in [1.807, 2.05) is 0 Å². The van der Waals surface area contributed by atoms with Crippen LogP contribution in [0, 0.1) is 17.5 Å². The molecule has 2 nitrogen and oxygen atoms in total. The van der Waals surface area contributed by atoms with Gasteiger partial charge in [-0.05, 0) is 36.4 Å². The molecule has 0 spiro atoms. The molecular formula is C12H7F3O2S. The number of halogens is 3. The van der Waals surface area contributed by atoms with Gasteiger partial charge in [-0.1, -0.05) is 0 Å². The minimum Gasteiger partial charge on any atom is -0.219 e. The zero-order valence-corrected chi connectivity index (χ0v) is 9.72. The van der Waals surface area contributed by atoms with E-state index >= 15 is 0 Å². The number of rotatable bonds is 2. The van der Waals surface area contributed by atoms with E-state index in [2.05, 4.69) is 0 Å². The van der Waals surface area contributed by atoms with Gasteiger partial charge in [0.15, 0.2) is 0 Å². The minimum absolute atomic E-state index is 0.228. The van der Waals surface area contributed by atoms with Crippen LogP contribution in [0.4, 0.5) is 13.2 Å². The van der Waals surface area contributed by atoms with Gasteiger partial charge in [-0.2, -0.15) is 0 Å². The van der Waals surface area contributed by atoms with Crippen LogP contribution in [0.3, 0.4) is 0 Å². The van der Waals surface area contributed by atoms with Crippen LogP contribution in [-0.4, -0.2) is 8.42 Å². The van der Waals surface area contributed by atoms with Gasteiger partial charge in [-0.25, -0.2) is 21.6 Å². The van der Waals surface area contributed by atoms with Gasteiger partial charge in [0.1, 0.15) is 17.5 Å². The predicted octanol–water partition coefficient (Wildman–Crippen LogP) is 2.94. The molecule has 0 aromatic heterocycles. The second kappa shape index (κ2) is 4.45. The molecular weight excluding hydrogens is 265 g/mol. The second-order valence-electron chi connectivity index (χ2n) is 3.56. The van der Waals surface area contributed by atoms with Gasteiger partial charge in [0.05, 0.1) is 9.79 Å². The van der Waals surface area contributed by atoms with Crippen molar-refractivity contribution in [3.05, 3.63) is 59.9 Å². The van der Waals surface area contributed by atoms with Gasteiger partial charge in [-0.3, -0.25) is 0 Å². The first-order valence-corrected chi connectivity index (χ1v) is 6.35. The van der Waals surface area contributed by atoms with Crippen LogP contribution in [-0.2, 0) is 9.84 Å². The smallest absolute Gasteiger partial charge is 0.206 e. The Labute approximate surface area is 102 Å². The first kappa shape index (κ1) is 12.6. The highest BCUT2D eigenvalue weighted by molar-refractivity contribution is 7.91. The number of hydrogen-bond donors (Lipinski definition) is 0. The standard InChI is InChI=1S/C12H7F3O2S/c13-8-1-3-11(4-2-8)18(16,17)12-6-9(14)5-10(15)7-12/h1-7H. The number of hydrogen-bond acceptors (Lipinski definition) is 2. The van der Waals surface area contributed by atoms with Gasteiger partial charge in [0.2, 0.25) is 9.84 Å². The van der Waals surface area contributed by atoms with E-state index in [1.165, 1.54) is 0 Å². The van der Waals surface area contributed by atoms with Crippen molar-refractivity contribution in [3.8, 4) is 0 Å². The zero-order valence-electron chi connectivity index (χ0n) is 8.90. The van der Waals surface area contributed by atoms with Gasteiger partial charge < -0.3 is 0 Å². The van der Waals surface area contributed by atoms with E-state index in [0.29, 0.717) is 18.2 Å². The van der Waals surface area contributed by atoms with Crippen molar-refractivity contribution in [3.63, 3.8) is 0 Å². The minimum atomic E-state index is -4.05. The molecule has 6 heteroatoms. The maximum Gasteiger partial charge on any atom is 0.206 e. The lowest BCUT2D eigenvalue weighted by molar-refractivity contribution is 0.567. The molecule has 0 amide bonds. The topological polar surface area (TPSA) is 34.1 Å². The average Bonchev–Trinajstić information content (AvgIpc) is 2.28. The predicted molar refractivity (Wildman–Crippen MR) is 58.2 cm³/mol. The van der Waals surface area contributed by atoms with Crippen LogP contribution in [0.15, 0.2) is 52.3 Å². The molecule has 0 N–H and O–H groups in total. The molecule has 2 aromatic rings. The third-order valence-corrected chi connectivity index (χ3v) is 4.02. The van der Waals surface area contributed by atoms with Crippen molar-refractivity contribution >= 4 is 9.84 Å². The van der Waals surface area contributed by atoms with Crippen molar-refractivity contribution in [2.24, 2.45) is 0 Å². The van der Waals surface area contributed by atoms with Crippen molar-refractivity contribution < 1.29 is 21.6 Å². The lowest BCUT2D eigenvalue weighted by Gasteiger charge is -2.05. The third kappa shape index (κ3) is 2.38. The highest BCUT2D eigenvalue weighted by Crippen LogP contribution is 2.22. The molecule has 2 aromatic carbocycles. The fourth-order valence-corrected chi connectivity index (χ4v) is 2.74. The largest absolute Gasteiger partial charge is 0.219 e. The first-order valence-electron chi connectivity index (χ1n) is 4.86. The van der Waals surface area contributed by atoms with Crippen LogP contribution in [0.2, 0.25) is 0 Å². The Morgan fingerprint density at radius 3 is 1.67 bits per heavy atom. The summed E-state index contributed by atoms with van der Waals surface area (Å²) >= 11 is 0. The Kier molecular flexibility index (Phi) is 3.13. The molecule has 0 saturated heterocycles. The normalized spacial score (nSPS) is 11.5. The highest BCUT2D eigenvalue weighted by Gasteiger charge is 2.19. The Balaban J connectivity index is 2.57. The molecule has 0 fully saturated rings. The molecule has 0 bridgehead atoms. The molecule has 94 valence electrons. The quantitative estimate of drug-likeness (QED) is 0.788. The SMILES string of the molecule is O=S(=O)(c1ccc(F)cc1)c1cc(F)cc(F)c1. The average molecular weight is 272 g/mol. The summed E-state index contributed by atoms with van der Waals surface area (Å²) in [6.07, 6.45) is 0. The summed E-state index contributed by atoms with van der Waals surface area (Å²) in [4.78, 5) is -0.736. The van der Waals surface area contributed by atoms with Crippen LogP contribution in [0.25, 0.3) is 0 Å². The molecule has 0 atom stereocenters. The zero-order chi connectivity index (χ0) is 13.3. The molecule has 0 heterocycles. The van der Waals surface area contributed by atoms with Crippen LogP contribution < -0.4 is 0 Å². The second-order valence-corrected chi connectivity index (χ2v) is 5.51. The molecule has 0 aliphatic heterocycles. The van der Waals surface area contributed by atoms with E-state index < -0.39 is 32.2 Å². The van der Waals surface area contributed by atoms with Gasteiger partial charge in [0, 0.05) is 6.07 Å². The lowest BCUT2D eigenvalue weighted by atomic mass is 10.3. The summed E-state index contributed by atoms with van der Waals surface area (Å²) < 4.78 is 62.6. The molecule has 0 saturated carbocycles. The molecule has 0 aliphatic carbocycles. The number of benzene rings is 2. The summed E-state index contributed by atoms with van der Waals surface area (Å²) in [6, 6.07) is 5.99. The molecule has 2 rings (SSSR count). The Morgan fingerprint density at radius 2 is 1.17 bits per heavy atom. The maximum absolute atomic E-state index is 13.0. The molecule has 18 heavy (non-hydrogen) atoms. The van der Waals surface area contributed by atoms with Gasteiger partial charge in [0.25, 0.3) is 0 Å². The van der Waals surface area contributed by atoms with E-state index in [-0.39, 0.29) is 4.90 Å². The van der Waals surface area contributed by atoms with Crippen molar-refractivity contribution in [2.75, 3.05) is 0 Å². The van der Waals surface area contributed by atoms with Crippen LogP contribution >= 0.6 is 0 Å². The van der Waals surface area contributed by atoms with Crippen molar-refractivity contribution in [1.29, 1.82) is 0 Å². The fourth-order valence-electron chi connectivity index (χ4n) is 1.43. The van der Waals surface area contributed by atoms with E-state index in [4.69, 9.17) is 0 Å². The monoisotopic (exact) mass is 272 g/mol. The molecule has 0 radical (unpaired) electrons. The van der Waals surface area contributed by atoms with Gasteiger partial charge >= 0.3 is 0 Å². The third-order valence-electron chi connectivity index (χ3n) is 2.27. The summed E-state index contributed by atoms with van der Waals surface area (Å²) in [7, 11) is -4.05. The summed E-state index contributed by atoms with van der Waals surface area (Å²) in [5, 5.41) is 0. The Morgan fingerprint density at radius 1 is 0.667 bits per heavy atom. The van der Waals surface area contributed by atoms with E-state index in [1.54, 1.807) is 0 Å². The van der Waals surface area contributed by atoms with E-state index in [9.17, 15) is 21.6 Å². The van der Waals surface area contributed by atoms with Crippen LogP contribution in [0.5, 0.6) is 0 Å². The molecule has 0 unspecified atom stereocenters. The maximum atomic E-state index is 13.0. The van der Waals surface area contributed by atoms with Crippen LogP contribution in [0.1, 0.15) is 0 Å². The van der Waals surface area contributed by atoms with Gasteiger partial charge in [-0.15, -0.1) is 0 Å². The highest BCUT2D eigenvalue weighted by atomic mass is 32.2. The van der Waals surface area contributed by atoms with Crippen molar-refractivity contribution in [2.45, 2.75) is 9.79 Å². The Bertz CT molecular complexity index is 659. The summed E-state index contributed by atoms with van der Waals surface area (Å²) in [6.45, 7) is 0. The fraction of sp³-hybridized carbons (Fsp3) is 0. The Hall–Kier alpha value is -1.82.